The quantitative estimate of drug-likeness (QED) is 0.558. The van der Waals surface area contributed by atoms with E-state index in [1.165, 1.54) is 22.7 Å². The highest BCUT2D eigenvalue weighted by Crippen LogP contribution is 2.32. The Labute approximate surface area is 167 Å². The van der Waals surface area contributed by atoms with Gasteiger partial charge in [0, 0.05) is 18.4 Å². The average molecular weight is 423 g/mol. The molecular formula is C18H18N2O4S3. The molecule has 0 aromatic heterocycles. The van der Waals surface area contributed by atoms with Crippen LogP contribution < -0.4 is 5.32 Å². The number of nitrogens with zero attached hydrogens (tertiary/aromatic N) is 1. The van der Waals surface area contributed by atoms with Gasteiger partial charge in [-0.05, 0) is 24.1 Å². The predicted molar refractivity (Wildman–Crippen MR) is 110 cm³/mol. The molecule has 1 saturated heterocycles. The Morgan fingerprint density at radius 3 is 2.74 bits per heavy atom. The maximum absolute atomic E-state index is 12.5. The van der Waals surface area contributed by atoms with E-state index in [4.69, 9.17) is 12.2 Å². The van der Waals surface area contributed by atoms with Crippen molar-refractivity contribution in [3.8, 4) is 0 Å². The molecule has 2 aliphatic rings. The molecule has 2 heterocycles. The number of nitrogens with one attached hydrogen (secondary N) is 1. The summed E-state index contributed by atoms with van der Waals surface area (Å²) in [6, 6.07) is 9.05. The van der Waals surface area contributed by atoms with Crippen molar-refractivity contribution < 1.29 is 18.0 Å². The zero-order valence-corrected chi connectivity index (χ0v) is 16.8. The largest absolute Gasteiger partial charge is 0.349 e. The zero-order chi connectivity index (χ0) is 19.4. The second-order valence-electron chi connectivity index (χ2n) is 6.18. The Morgan fingerprint density at radius 2 is 2.07 bits per heavy atom. The Morgan fingerprint density at radius 1 is 1.33 bits per heavy atom. The Balaban J connectivity index is 1.49. The normalized spacial score (nSPS) is 22.6. The summed E-state index contributed by atoms with van der Waals surface area (Å²) in [5.74, 6) is -0.497. The van der Waals surface area contributed by atoms with E-state index in [0.717, 1.165) is 11.0 Å². The summed E-state index contributed by atoms with van der Waals surface area (Å²) in [5.41, 5.74) is 0.928. The fraction of sp³-hybridized carbons (Fsp3) is 0.278. The first-order valence-corrected chi connectivity index (χ1v) is 11.3. The number of carbonyl (C=O) groups excluding carboxylic acids is 2. The molecule has 6 nitrogen and oxygen atoms in total. The van der Waals surface area contributed by atoms with Gasteiger partial charge in [-0.25, -0.2) is 8.42 Å². The van der Waals surface area contributed by atoms with Gasteiger partial charge in [-0.3, -0.25) is 14.5 Å². The first-order valence-electron chi connectivity index (χ1n) is 8.35. The minimum atomic E-state index is -3.20. The van der Waals surface area contributed by atoms with Gasteiger partial charge in [-0.1, -0.05) is 54.3 Å². The van der Waals surface area contributed by atoms with Crippen LogP contribution in [-0.4, -0.2) is 47.8 Å². The van der Waals surface area contributed by atoms with Crippen LogP contribution in [0.25, 0.3) is 6.08 Å². The van der Waals surface area contributed by atoms with Crippen molar-refractivity contribution in [2.75, 3.05) is 12.3 Å². The summed E-state index contributed by atoms with van der Waals surface area (Å²) in [6.07, 6.45) is 3.92. The summed E-state index contributed by atoms with van der Waals surface area (Å²) >= 11 is 6.54. The standard InChI is InChI=1S/C18H18N2O4S3/c21-16(19-14-8-10-27(23,24)12-14)7-4-9-20-17(22)15(26-18(20)25)11-13-5-2-1-3-6-13/h1-3,5-6,8,10-11,14H,4,7,9,12H2,(H,19,21)/b15-11+. The van der Waals surface area contributed by atoms with Crippen LogP contribution in [0.3, 0.4) is 0 Å². The maximum atomic E-state index is 12.5. The maximum Gasteiger partial charge on any atom is 0.266 e. The number of thiocarbonyl (C=S) groups is 1. The van der Waals surface area contributed by atoms with E-state index in [2.05, 4.69) is 5.32 Å². The molecule has 9 heteroatoms. The van der Waals surface area contributed by atoms with E-state index in [-0.39, 0.29) is 24.0 Å². The van der Waals surface area contributed by atoms with Crippen LogP contribution in [0.4, 0.5) is 0 Å². The minimum absolute atomic E-state index is 0.0995. The van der Waals surface area contributed by atoms with E-state index in [1.54, 1.807) is 6.08 Å². The average Bonchev–Trinajstić information content (AvgIpc) is 3.08. The van der Waals surface area contributed by atoms with Crippen molar-refractivity contribution in [3.05, 3.63) is 52.3 Å². The molecule has 1 fully saturated rings. The van der Waals surface area contributed by atoms with Crippen molar-refractivity contribution in [1.29, 1.82) is 0 Å². The number of sulfone groups is 1. The first-order chi connectivity index (χ1) is 12.8. The molecule has 1 atom stereocenters. The highest BCUT2D eigenvalue weighted by atomic mass is 32.2. The molecule has 0 radical (unpaired) electrons. The third-order valence-corrected chi connectivity index (χ3v) is 6.81. The van der Waals surface area contributed by atoms with Gasteiger partial charge in [0.2, 0.25) is 5.91 Å². The van der Waals surface area contributed by atoms with Gasteiger partial charge in [-0.15, -0.1) is 0 Å². The van der Waals surface area contributed by atoms with Crippen molar-refractivity contribution >= 4 is 56.0 Å². The van der Waals surface area contributed by atoms with Crippen LogP contribution in [-0.2, 0) is 19.4 Å². The Hall–Kier alpha value is -1.97. The molecule has 3 rings (SSSR count). The lowest BCUT2D eigenvalue weighted by molar-refractivity contribution is -0.124. The molecule has 142 valence electrons. The molecule has 0 spiro atoms. The van der Waals surface area contributed by atoms with E-state index in [0.29, 0.717) is 22.2 Å². The Bertz CT molecular complexity index is 923. The Kier molecular flexibility index (Phi) is 6.13. The van der Waals surface area contributed by atoms with E-state index in [9.17, 15) is 18.0 Å². The fourth-order valence-electron chi connectivity index (χ4n) is 2.74. The summed E-state index contributed by atoms with van der Waals surface area (Å²) < 4.78 is 23.2. The molecule has 0 bridgehead atoms. The highest BCUT2D eigenvalue weighted by Gasteiger charge is 2.31. The number of amides is 2. The van der Waals surface area contributed by atoms with E-state index < -0.39 is 15.9 Å². The minimum Gasteiger partial charge on any atom is -0.349 e. The number of carbonyl (C=O) groups is 2. The third kappa shape index (κ3) is 5.27. The molecular weight excluding hydrogens is 404 g/mol. The number of hydrogen-bond donors (Lipinski definition) is 1. The van der Waals surface area contributed by atoms with Gasteiger partial charge in [0.15, 0.2) is 9.84 Å². The molecule has 2 aliphatic heterocycles. The number of hydrogen-bond acceptors (Lipinski definition) is 6. The second kappa shape index (κ2) is 8.37. The van der Waals surface area contributed by atoms with Gasteiger partial charge in [0.25, 0.3) is 5.91 Å². The summed E-state index contributed by atoms with van der Waals surface area (Å²) in [7, 11) is -3.20. The number of rotatable bonds is 6. The zero-order valence-electron chi connectivity index (χ0n) is 14.3. The monoisotopic (exact) mass is 422 g/mol. The van der Waals surface area contributed by atoms with Gasteiger partial charge in [-0.2, -0.15) is 0 Å². The first kappa shape index (κ1) is 19.8. The smallest absolute Gasteiger partial charge is 0.266 e. The van der Waals surface area contributed by atoms with Crippen LogP contribution >= 0.6 is 24.0 Å². The topological polar surface area (TPSA) is 83.6 Å². The highest BCUT2D eigenvalue weighted by molar-refractivity contribution is 8.26. The predicted octanol–water partition coefficient (Wildman–Crippen LogP) is 2.09. The number of thioether (sulfide) groups is 1. The molecule has 1 aromatic carbocycles. The van der Waals surface area contributed by atoms with Crippen LogP contribution in [0.2, 0.25) is 0 Å². The van der Waals surface area contributed by atoms with Crippen molar-refractivity contribution in [2.24, 2.45) is 0 Å². The summed E-state index contributed by atoms with van der Waals surface area (Å²) in [6.45, 7) is 0.350. The van der Waals surface area contributed by atoms with Gasteiger partial charge in [0.1, 0.15) is 4.32 Å². The molecule has 2 amide bonds. The molecule has 1 N–H and O–H groups in total. The lowest BCUT2D eigenvalue weighted by Gasteiger charge is -2.15. The van der Waals surface area contributed by atoms with Gasteiger partial charge < -0.3 is 5.32 Å². The molecule has 27 heavy (non-hydrogen) atoms. The van der Waals surface area contributed by atoms with Gasteiger partial charge >= 0.3 is 0 Å². The summed E-state index contributed by atoms with van der Waals surface area (Å²) in [5, 5.41) is 3.79. The molecule has 1 aromatic rings. The SMILES string of the molecule is O=C(CCCN1C(=O)/C(=C\c2ccccc2)SC1=S)NC1C=CS(=O)(=O)C1. The lowest BCUT2D eigenvalue weighted by Crippen LogP contribution is -2.36. The fourth-order valence-corrected chi connectivity index (χ4v) is 5.28. The van der Waals surface area contributed by atoms with E-state index in [1.807, 2.05) is 30.3 Å². The lowest BCUT2D eigenvalue weighted by atomic mass is 10.2. The van der Waals surface area contributed by atoms with Crippen LogP contribution in [0.5, 0.6) is 0 Å². The van der Waals surface area contributed by atoms with Crippen molar-refractivity contribution in [1.82, 2.24) is 10.2 Å². The molecule has 1 unspecified atom stereocenters. The second-order valence-corrected chi connectivity index (χ2v) is 9.79. The molecule has 0 saturated carbocycles. The van der Waals surface area contributed by atoms with Crippen molar-refractivity contribution in [3.63, 3.8) is 0 Å². The van der Waals surface area contributed by atoms with Crippen LogP contribution in [0.15, 0.2) is 46.7 Å². The summed E-state index contributed by atoms with van der Waals surface area (Å²) in [4.78, 5) is 26.5. The van der Waals surface area contributed by atoms with Crippen molar-refractivity contribution in [2.45, 2.75) is 18.9 Å². The van der Waals surface area contributed by atoms with Crippen LogP contribution in [0, 0.1) is 0 Å². The van der Waals surface area contributed by atoms with Crippen LogP contribution in [0.1, 0.15) is 18.4 Å². The molecule has 0 aliphatic carbocycles. The van der Waals surface area contributed by atoms with E-state index >= 15 is 0 Å². The van der Waals surface area contributed by atoms with Gasteiger partial charge in [0.05, 0.1) is 16.7 Å². The number of benzene rings is 1. The third-order valence-electron chi connectivity index (χ3n) is 4.03.